The molecule has 0 saturated carbocycles. The lowest BCUT2D eigenvalue weighted by molar-refractivity contribution is -0.139. The Morgan fingerprint density at radius 1 is 1.36 bits per heavy atom. The number of carbonyl (C=O) groups excluding carboxylic acids is 1. The number of ether oxygens (including phenoxy) is 1. The molecule has 0 aliphatic heterocycles. The van der Waals surface area contributed by atoms with E-state index in [0.717, 1.165) is 5.56 Å². The van der Waals surface area contributed by atoms with Crippen molar-refractivity contribution in [1.82, 2.24) is 5.32 Å². The molecule has 0 aliphatic carbocycles. The zero-order chi connectivity index (χ0) is 16.9. The third kappa shape index (κ3) is 5.31. The first kappa shape index (κ1) is 18.5. The summed E-state index contributed by atoms with van der Waals surface area (Å²) in [6.45, 7) is 5.34. The lowest BCUT2D eigenvalue weighted by Gasteiger charge is -2.21. The Labute approximate surface area is 135 Å². The maximum atomic E-state index is 12.4. The van der Waals surface area contributed by atoms with Crippen molar-refractivity contribution in [3.63, 3.8) is 0 Å². The molecule has 1 aromatic carbocycles. The standard InChI is InChI=1S/C16H22ClNO4/c1-16(2,3)22-15(21)12-7-10(9-17)5-6-11(12)8-13(18-4)14(19)20/h5-7,13,18H,8-9H2,1-4H3,(H,19,20). The number of hydrogen-bond acceptors (Lipinski definition) is 4. The molecule has 0 radical (unpaired) electrons. The molecule has 0 heterocycles. The van der Waals surface area contributed by atoms with Gasteiger partial charge in [-0.15, -0.1) is 11.6 Å². The molecule has 0 amide bonds. The van der Waals surface area contributed by atoms with Gasteiger partial charge in [0.2, 0.25) is 0 Å². The van der Waals surface area contributed by atoms with Crippen LogP contribution in [0.2, 0.25) is 0 Å². The van der Waals surface area contributed by atoms with E-state index in [1.165, 1.54) is 0 Å². The van der Waals surface area contributed by atoms with Gasteiger partial charge in [-0.25, -0.2) is 4.79 Å². The smallest absolute Gasteiger partial charge is 0.338 e. The Morgan fingerprint density at radius 3 is 2.45 bits per heavy atom. The van der Waals surface area contributed by atoms with Crippen molar-refractivity contribution in [1.29, 1.82) is 0 Å². The molecule has 0 fully saturated rings. The van der Waals surface area contributed by atoms with E-state index in [1.807, 2.05) is 0 Å². The van der Waals surface area contributed by atoms with Crippen molar-refractivity contribution in [2.45, 2.75) is 44.7 Å². The van der Waals surface area contributed by atoms with Crippen LogP contribution in [0, 0.1) is 0 Å². The number of hydrogen-bond donors (Lipinski definition) is 2. The number of carboxylic acid groups (broad SMARTS) is 1. The third-order valence-corrected chi connectivity index (χ3v) is 3.33. The van der Waals surface area contributed by atoms with E-state index in [1.54, 1.807) is 46.0 Å². The molecule has 1 atom stereocenters. The van der Waals surface area contributed by atoms with E-state index in [4.69, 9.17) is 21.4 Å². The first-order valence-electron chi connectivity index (χ1n) is 6.99. The van der Waals surface area contributed by atoms with Crippen molar-refractivity contribution < 1.29 is 19.4 Å². The number of nitrogens with one attached hydrogen (secondary N) is 1. The number of aliphatic carboxylic acids is 1. The first-order chi connectivity index (χ1) is 10.2. The zero-order valence-corrected chi connectivity index (χ0v) is 14.0. The highest BCUT2D eigenvalue weighted by Crippen LogP contribution is 2.20. The van der Waals surface area contributed by atoms with Crippen LogP contribution in [0.15, 0.2) is 18.2 Å². The number of esters is 1. The fraction of sp³-hybridized carbons (Fsp3) is 0.500. The number of halogens is 1. The molecule has 0 aromatic heterocycles. The fourth-order valence-electron chi connectivity index (χ4n) is 1.94. The van der Waals surface area contributed by atoms with Crippen LogP contribution >= 0.6 is 11.6 Å². The summed E-state index contributed by atoms with van der Waals surface area (Å²) in [7, 11) is 1.57. The second-order valence-electron chi connectivity index (χ2n) is 6.01. The van der Waals surface area contributed by atoms with E-state index in [2.05, 4.69) is 5.32 Å². The van der Waals surface area contributed by atoms with Gasteiger partial charge < -0.3 is 15.2 Å². The predicted molar refractivity (Wildman–Crippen MR) is 85.4 cm³/mol. The quantitative estimate of drug-likeness (QED) is 0.620. The van der Waals surface area contributed by atoms with Gasteiger partial charge in [0.05, 0.1) is 5.56 Å². The highest BCUT2D eigenvalue weighted by molar-refractivity contribution is 6.17. The van der Waals surface area contributed by atoms with Crippen molar-refractivity contribution in [2.24, 2.45) is 0 Å². The van der Waals surface area contributed by atoms with Crippen molar-refractivity contribution in [2.75, 3.05) is 7.05 Å². The topological polar surface area (TPSA) is 75.6 Å². The molecule has 0 spiro atoms. The molecule has 0 aliphatic rings. The average molecular weight is 328 g/mol. The SMILES string of the molecule is CNC(Cc1ccc(CCl)cc1C(=O)OC(C)(C)C)C(=O)O. The summed E-state index contributed by atoms with van der Waals surface area (Å²) in [5.41, 5.74) is 1.13. The van der Waals surface area contributed by atoms with Crippen molar-refractivity contribution in [3.05, 3.63) is 34.9 Å². The molecule has 1 aromatic rings. The number of rotatable bonds is 6. The molecule has 22 heavy (non-hydrogen) atoms. The van der Waals surface area contributed by atoms with Crippen LogP contribution in [-0.2, 0) is 21.8 Å². The van der Waals surface area contributed by atoms with Crippen LogP contribution in [0.3, 0.4) is 0 Å². The predicted octanol–water partition coefficient (Wildman–Crippen LogP) is 2.60. The van der Waals surface area contributed by atoms with Gasteiger partial charge in [-0.2, -0.15) is 0 Å². The molecule has 1 unspecified atom stereocenters. The molecule has 1 rings (SSSR count). The highest BCUT2D eigenvalue weighted by atomic mass is 35.5. The van der Waals surface area contributed by atoms with Gasteiger partial charge in [-0.05, 0) is 51.4 Å². The molecular weight excluding hydrogens is 306 g/mol. The summed E-state index contributed by atoms with van der Waals surface area (Å²) in [6.07, 6.45) is 0.184. The van der Waals surface area contributed by atoms with Gasteiger partial charge in [0.15, 0.2) is 0 Å². The van der Waals surface area contributed by atoms with E-state index >= 15 is 0 Å². The number of alkyl halides is 1. The summed E-state index contributed by atoms with van der Waals surface area (Å²) < 4.78 is 5.39. The van der Waals surface area contributed by atoms with Crippen LogP contribution < -0.4 is 5.32 Å². The number of carboxylic acids is 1. The summed E-state index contributed by atoms with van der Waals surface area (Å²) >= 11 is 5.81. The highest BCUT2D eigenvalue weighted by Gasteiger charge is 2.23. The van der Waals surface area contributed by atoms with Crippen LogP contribution in [0.25, 0.3) is 0 Å². The van der Waals surface area contributed by atoms with E-state index in [-0.39, 0.29) is 12.3 Å². The maximum absolute atomic E-state index is 12.4. The van der Waals surface area contributed by atoms with Gasteiger partial charge in [0, 0.05) is 5.88 Å². The summed E-state index contributed by atoms with van der Waals surface area (Å²) in [5.74, 6) is -1.18. The fourth-order valence-corrected chi connectivity index (χ4v) is 2.11. The van der Waals surface area contributed by atoms with Gasteiger partial charge in [0.1, 0.15) is 11.6 Å². The van der Waals surface area contributed by atoms with Crippen molar-refractivity contribution in [3.8, 4) is 0 Å². The lowest BCUT2D eigenvalue weighted by atomic mass is 9.98. The van der Waals surface area contributed by atoms with Crippen LogP contribution in [-0.4, -0.2) is 35.7 Å². The second kappa shape index (κ2) is 7.61. The van der Waals surface area contributed by atoms with Crippen molar-refractivity contribution >= 4 is 23.5 Å². The maximum Gasteiger partial charge on any atom is 0.338 e. The van der Waals surface area contributed by atoms with Crippen LogP contribution in [0.4, 0.5) is 0 Å². The molecule has 0 bridgehead atoms. The van der Waals surface area contributed by atoms with Gasteiger partial charge in [0.25, 0.3) is 0 Å². The lowest BCUT2D eigenvalue weighted by Crippen LogP contribution is -2.36. The minimum Gasteiger partial charge on any atom is -0.480 e. The summed E-state index contributed by atoms with van der Waals surface area (Å²) in [5, 5.41) is 11.9. The normalized spacial score (nSPS) is 12.8. The Morgan fingerprint density at radius 2 is 2.00 bits per heavy atom. The average Bonchev–Trinajstić information content (AvgIpc) is 2.42. The molecule has 2 N–H and O–H groups in total. The Kier molecular flexibility index (Phi) is 6.38. The second-order valence-corrected chi connectivity index (χ2v) is 6.28. The first-order valence-corrected chi connectivity index (χ1v) is 7.52. The Balaban J connectivity index is 3.16. The summed E-state index contributed by atoms with van der Waals surface area (Å²) in [6, 6.07) is 4.39. The van der Waals surface area contributed by atoms with Gasteiger partial charge in [-0.3, -0.25) is 4.79 Å². The van der Waals surface area contributed by atoms with E-state index in [0.29, 0.717) is 11.1 Å². The number of likely N-dealkylation sites (N-methyl/N-ethyl adjacent to an activating group) is 1. The number of carbonyl (C=O) groups is 2. The molecule has 122 valence electrons. The molecule has 6 heteroatoms. The van der Waals surface area contributed by atoms with E-state index in [9.17, 15) is 9.59 Å². The Bertz CT molecular complexity index is 552. The van der Waals surface area contributed by atoms with Gasteiger partial charge in [-0.1, -0.05) is 12.1 Å². The van der Waals surface area contributed by atoms with E-state index < -0.39 is 23.6 Å². The molecule has 5 nitrogen and oxygen atoms in total. The van der Waals surface area contributed by atoms with Crippen LogP contribution in [0.5, 0.6) is 0 Å². The Hall–Kier alpha value is -1.59. The minimum absolute atomic E-state index is 0.184. The van der Waals surface area contributed by atoms with Crippen LogP contribution in [0.1, 0.15) is 42.3 Å². The monoisotopic (exact) mass is 327 g/mol. The zero-order valence-electron chi connectivity index (χ0n) is 13.3. The summed E-state index contributed by atoms with van der Waals surface area (Å²) in [4.78, 5) is 23.5. The number of benzene rings is 1. The largest absolute Gasteiger partial charge is 0.480 e. The third-order valence-electron chi connectivity index (χ3n) is 3.02. The molecular formula is C16H22ClNO4. The van der Waals surface area contributed by atoms with Gasteiger partial charge >= 0.3 is 11.9 Å². The minimum atomic E-state index is -0.973. The molecule has 0 saturated heterocycles.